The number of ketones is 1. The second kappa shape index (κ2) is 11.5. The summed E-state index contributed by atoms with van der Waals surface area (Å²) >= 11 is 0. The van der Waals surface area contributed by atoms with Gasteiger partial charge in [-0.2, -0.15) is 0 Å². The Morgan fingerprint density at radius 3 is 2.09 bits per heavy atom. The maximum atomic E-state index is 14.9. The summed E-state index contributed by atoms with van der Waals surface area (Å²) in [6.45, 7) is 9.72. The zero-order chi connectivity index (χ0) is 37.9. The topological polar surface area (TPSA) is 148 Å². The Morgan fingerprint density at radius 2 is 1.43 bits per heavy atom. The molecule has 2 saturated carbocycles. The third-order valence-electron chi connectivity index (χ3n) is 13.4. The molecular formula is C42H42O11. The van der Waals surface area contributed by atoms with Gasteiger partial charge in [-0.05, 0) is 63.1 Å². The Bertz CT molecular complexity index is 2140. The summed E-state index contributed by atoms with van der Waals surface area (Å²) in [5.74, 6) is -2.37. The first-order valence-electron chi connectivity index (χ1n) is 17.9. The fourth-order valence-electron chi connectivity index (χ4n) is 10.9. The zero-order valence-electron chi connectivity index (χ0n) is 30.8. The van der Waals surface area contributed by atoms with Crippen molar-refractivity contribution in [3.05, 3.63) is 83.4 Å². The summed E-state index contributed by atoms with van der Waals surface area (Å²) in [7, 11) is 2.58. The Hall–Kier alpha value is -5.03. The van der Waals surface area contributed by atoms with Gasteiger partial charge in [-0.15, -0.1) is 0 Å². The molecule has 11 nitrogen and oxygen atoms in total. The third kappa shape index (κ3) is 4.52. The smallest absolute Gasteiger partial charge is 0.339 e. The van der Waals surface area contributed by atoms with E-state index in [9.17, 15) is 24.0 Å². The van der Waals surface area contributed by atoms with Crippen LogP contribution < -0.4 is 0 Å². The minimum atomic E-state index is -1.26. The monoisotopic (exact) mass is 722 g/mol. The van der Waals surface area contributed by atoms with Gasteiger partial charge in [-0.3, -0.25) is 4.79 Å². The van der Waals surface area contributed by atoms with Crippen LogP contribution in [0.5, 0.6) is 0 Å². The molecule has 0 unspecified atom stereocenters. The van der Waals surface area contributed by atoms with E-state index in [1.54, 1.807) is 54.6 Å². The number of epoxide rings is 1. The zero-order valence-corrected chi connectivity index (χ0v) is 30.8. The van der Waals surface area contributed by atoms with Crippen LogP contribution in [0.25, 0.3) is 22.6 Å². The lowest BCUT2D eigenvalue weighted by Crippen LogP contribution is -2.71. The van der Waals surface area contributed by atoms with Gasteiger partial charge < -0.3 is 28.1 Å². The summed E-state index contributed by atoms with van der Waals surface area (Å²) in [5, 5.41) is 0. The predicted octanol–water partition coefficient (Wildman–Crippen LogP) is 6.83. The van der Waals surface area contributed by atoms with Crippen molar-refractivity contribution in [2.75, 3.05) is 14.2 Å². The van der Waals surface area contributed by atoms with E-state index in [-0.39, 0.29) is 46.7 Å². The minimum Gasteiger partial charge on any atom is -0.465 e. The lowest BCUT2D eigenvalue weighted by atomic mass is 9.37. The second-order valence-electron chi connectivity index (χ2n) is 16.1. The number of carbonyl (C=O) groups is 5. The van der Waals surface area contributed by atoms with Gasteiger partial charge in [0.05, 0.1) is 30.8 Å². The fourth-order valence-corrected chi connectivity index (χ4v) is 10.9. The summed E-state index contributed by atoms with van der Waals surface area (Å²) < 4.78 is 35.7. The molecule has 3 aromatic rings. The van der Waals surface area contributed by atoms with E-state index >= 15 is 0 Å². The normalized spacial score (nSPS) is 35.0. The molecule has 0 radical (unpaired) electrons. The SMILES string of the molecule is COC(=O)c1ccccc1-c1cc([C@@H]2OC(=O)[C@H]3O[C@@]34[C@@]2(C)CC[C@@H]2[C@@]3(C)C=CC(=O)OC(C)(C)[C@@H]3CC(=O)[C@]24C)c(-c2ccccc2C(=O)OC)o1. The molecule has 8 atom stereocenters. The highest BCUT2D eigenvalue weighted by Gasteiger charge is 2.88. The molecule has 11 heteroatoms. The van der Waals surface area contributed by atoms with Crippen molar-refractivity contribution in [1.82, 2.24) is 0 Å². The van der Waals surface area contributed by atoms with E-state index in [1.807, 2.05) is 33.8 Å². The molecule has 0 bridgehead atoms. The van der Waals surface area contributed by atoms with Crippen LogP contribution >= 0.6 is 0 Å². The number of esters is 4. The van der Waals surface area contributed by atoms with Crippen LogP contribution in [0.1, 0.15) is 86.3 Å². The number of fused-ring (bicyclic) bond motifs is 3. The molecular weight excluding hydrogens is 680 g/mol. The predicted molar refractivity (Wildman–Crippen MR) is 188 cm³/mol. The van der Waals surface area contributed by atoms with Gasteiger partial charge >= 0.3 is 23.9 Å². The maximum Gasteiger partial charge on any atom is 0.339 e. The van der Waals surface area contributed by atoms with E-state index in [0.29, 0.717) is 29.5 Å². The number of rotatable bonds is 5. The standard InChI is InChI=1S/C42H42O11/c1-38(2)29-21-30(43)41(5)28(39(29,3)18-17-31(44)52-38)16-19-40(4)33(51-37(47)34-42(40,41)53-34)26-20-27(22-12-8-10-14-24(22)35(45)48-6)50-32(26)23-13-9-11-15-25(23)36(46)49-7/h8-15,17-18,20,28-29,33-34H,16,19,21H2,1-7H3/t28-,29+,33+,34-,39-,40+,41+,42-/m1/s1. The lowest BCUT2D eigenvalue weighted by molar-refractivity contribution is -0.215. The van der Waals surface area contributed by atoms with Crippen molar-refractivity contribution < 1.29 is 52.1 Å². The number of carbonyl (C=O) groups excluding carboxylic acids is 5. The highest BCUT2D eigenvalue weighted by molar-refractivity contribution is 5.99. The molecule has 2 saturated heterocycles. The molecule has 4 fully saturated rings. The van der Waals surface area contributed by atoms with Gasteiger partial charge in [0, 0.05) is 40.5 Å². The number of allylic oxidation sites excluding steroid dienone is 1. The van der Waals surface area contributed by atoms with Crippen molar-refractivity contribution in [3.63, 3.8) is 0 Å². The Kier molecular flexibility index (Phi) is 7.59. The average molecular weight is 723 g/mol. The highest BCUT2D eigenvalue weighted by atomic mass is 16.7. The Balaban J connectivity index is 1.33. The number of hydrogen-bond acceptors (Lipinski definition) is 11. The Morgan fingerprint density at radius 1 is 0.811 bits per heavy atom. The van der Waals surface area contributed by atoms with Crippen LogP contribution in [0.3, 0.4) is 0 Å². The van der Waals surface area contributed by atoms with E-state index in [1.165, 1.54) is 20.3 Å². The number of Topliss-reactive ketones (excluding diaryl/α,β-unsaturated/α-hetero) is 1. The van der Waals surface area contributed by atoms with Gasteiger partial charge in [0.25, 0.3) is 0 Å². The quantitative estimate of drug-likeness (QED) is 0.155. The first-order chi connectivity index (χ1) is 25.1. The van der Waals surface area contributed by atoms with Crippen molar-refractivity contribution >= 4 is 29.7 Å². The molecule has 4 heterocycles. The number of methoxy groups -OCH3 is 2. The van der Waals surface area contributed by atoms with Crippen molar-refractivity contribution in [2.24, 2.45) is 28.1 Å². The summed E-state index contributed by atoms with van der Waals surface area (Å²) in [6.07, 6.45) is 2.55. The molecule has 8 rings (SSSR count). The van der Waals surface area contributed by atoms with E-state index in [2.05, 4.69) is 6.92 Å². The fraction of sp³-hybridized carbons (Fsp3) is 0.452. The number of cyclic esters (lactones) is 2. The van der Waals surface area contributed by atoms with E-state index in [0.717, 1.165) is 0 Å². The van der Waals surface area contributed by atoms with E-state index < -0.39 is 63.5 Å². The number of furan rings is 1. The summed E-state index contributed by atoms with van der Waals surface area (Å²) in [5.41, 5.74) is -3.21. The van der Waals surface area contributed by atoms with Crippen LogP contribution in [0.15, 0.2) is 71.2 Å². The van der Waals surface area contributed by atoms with Gasteiger partial charge in [-0.1, -0.05) is 56.3 Å². The van der Waals surface area contributed by atoms with Gasteiger partial charge in [0.15, 0.2) is 6.10 Å². The first kappa shape index (κ1) is 35.0. The second-order valence-corrected chi connectivity index (χ2v) is 16.1. The third-order valence-corrected chi connectivity index (χ3v) is 13.4. The van der Waals surface area contributed by atoms with Crippen molar-refractivity contribution in [3.8, 4) is 22.6 Å². The minimum absolute atomic E-state index is 0.0533. The maximum absolute atomic E-state index is 14.9. The summed E-state index contributed by atoms with van der Waals surface area (Å²) in [4.78, 5) is 67.8. The molecule has 0 N–H and O–H groups in total. The van der Waals surface area contributed by atoms with Crippen LogP contribution in [0, 0.1) is 28.1 Å². The van der Waals surface area contributed by atoms with E-state index in [4.69, 9.17) is 28.1 Å². The molecule has 2 aromatic carbocycles. The van der Waals surface area contributed by atoms with Gasteiger partial charge in [-0.25, -0.2) is 19.2 Å². The number of ether oxygens (including phenoxy) is 5. The van der Waals surface area contributed by atoms with Crippen molar-refractivity contribution in [2.45, 2.75) is 77.3 Å². The molecule has 3 aliphatic heterocycles. The first-order valence-corrected chi connectivity index (χ1v) is 17.9. The highest BCUT2D eigenvalue weighted by Crippen LogP contribution is 2.78. The van der Waals surface area contributed by atoms with Gasteiger partial charge in [0.2, 0.25) is 0 Å². The van der Waals surface area contributed by atoms with Crippen molar-refractivity contribution in [1.29, 1.82) is 0 Å². The lowest BCUT2D eigenvalue weighted by Gasteiger charge is -2.64. The molecule has 53 heavy (non-hydrogen) atoms. The molecule has 1 aromatic heterocycles. The van der Waals surface area contributed by atoms with Crippen LogP contribution in [-0.2, 0) is 38.1 Å². The van der Waals surface area contributed by atoms with Gasteiger partial charge in [0.1, 0.15) is 34.6 Å². The largest absolute Gasteiger partial charge is 0.465 e. The molecule has 2 aliphatic carbocycles. The number of benzene rings is 2. The molecule has 5 aliphatic rings. The Labute approximate surface area is 306 Å². The van der Waals surface area contributed by atoms with Crippen LogP contribution in [0.2, 0.25) is 0 Å². The average Bonchev–Trinajstić information content (AvgIpc) is 3.81. The molecule has 0 amide bonds. The number of hydrogen-bond donors (Lipinski definition) is 0. The molecule has 1 spiro atoms. The van der Waals surface area contributed by atoms with Crippen LogP contribution in [-0.4, -0.2) is 61.2 Å². The van der Waals surface area contributed by atoms with Crippen LogP contribution in [0.4, 0.5) is 0 Å². The summed E-state index contributed by atoms with van der Waals surface area (Å²) in [6, 6.07) is 15.4. The molecule has 276 valence electrons.